The molecule has 0 saturated carbocycles. The Kier molecular flexibility index (Phi) is 5.55. The summed E-state index contributed by atoms with van der Waals surface area (Å²) in [5.74, 6) is 0.0147. The van der Waals surface area contributed by atoms with E-state index in [1.807, 2.05) is 58.0 Å². The maximum atomic E-state index is 12.9. The predicted octanol–water partition coefficient (Wildman–Crippen LogP) is 1.87. The Morgan fingerprint density at radius 1 is 1.11 bits per heavy atom. The van der Waals surface area contributed by atoms with Crippen molar-refractivity contribution in [3.63, 3.8) is 0 Å². The molecule has 1 aliphatic rings. The molecule has 7 nitrogen and oxygen atoms in total. The number of aromatic nitrogens is 1. The fraction of sp³-hybridized carbons (Fsp3) is 0.421. The minimum Gasteiger partial charge on any atom is -0.480 e. The number of hydrogen-bond acceptors (Lipinski definition) is 6. The van der Waals surface area contributed by atoms with Gasteiger partial charge in [0.1, 0.15) is 4.90 Å². The number of methoxy groups -OCH3 is 1. The van der Waals surface area contributed by atoms with Gasteiger partial charge in [0.15, 0.2) is 0 Å². The number of nitrogens with zero attached hydrogens (tertiary/aromatic N) is 1. The first-order chi connectivity index (χ1) is 13.1. The lowest BCUT2D eigenvalue weighted by atomic mass is 9.80. The molecule has 28 heavy (non-hydrogen) atoms. The van der Waals surface area contributed by atoms with E-state index in [1.165, 1.54) is 19.4 Å². The van der Waals surface area contributed by atoms with Gasteiger partial charge in [0.05, 0.1) is 18.3 Å². The molecule has 0 amide bonds. The summed E-state index contributed by atoms with van der Waals surface area (Å²) in [5.41, 5.74) is 0.282. The Bertz CT molecular complexity index is 932. The minimum absolute atomic E-state index is 0.0147. The highest BCUT2D eigenvalue weighted by Gasteiger charge is 2.52. The SMILES string of the molecule is COc1ncc(B2OC(C)(C)C(C)(C)O2)cc1S(=O)(=O)NCc1ccccc1. The zero-order valence-electron chi connectivity index (χ0n) is 16.7. The van der Waals surface area contributed by atoms with Crippen LogP contribution in [0.4, 0.5) is 0 Å². The van der Waals surface area contributed by atoms with Crippen LogP contribution in [0, 0.1) is 0 Å². The van der Waals surface area contributed by atoms with Gasteiger partial charge in [-0.05, 0) is 39.3 Å². The van der Waals surface area contributed by atoms with Crippen molar-refractivity contribution in [2.75, 3.05) is 7.11 Å². The molecule has 1 aromatic heterocycles. The van der Waals surface area contributed by atoms with Crippen molar-refractivity contribution in [1.29, 1.82) is 0 Å². The Morgan fingerprint density at radius 2 is 1.71 bits per heavy atom. The van der Waals surface area contributed by atoms with Crippen LogP contribution < -0.4 is 14.9 Å². The van der Waals surface area contributed by atoms with Gasteiger partial charge in [0.2, 0.25) is 15.9 Å². The molecule has 2 heterocycles. The zero-order valence-corrected chi connectivity index (χ0v) is 17.5. The lowest BCUT2D eigenvalue weighted by molar-refractivity contribution is 0.00578. The quantitative estimate of drug-likeness (QED) is 0.740. The van der Waals surface area contributed by atoms with Gasteiger partial charge in [-0.15, -0.1) is 0 Å². The van der Waals surface area contributed by atoms with Crippen LogP contribution >= 0.6 is 0 Å². The Hall–Kier alpha value is -1.94. The predicted molar refractivity (Wildman–Crippen MR) is 107 cm³/mol. The van der Waals surface area contributed by atoms with Crippen molar-refractivity contribution in [2.24, 2.45) is 0 Å². The van der Waals surface area contributed by atoms with Crippen LogP contribution in [-0.4, -0.2) is 38.8 Å². The van der Waals surface area contributed by atoms with Gasteiger partial charge in [-0.1, -0.05) is 30.3 Å². The van der Waals surface area contributed by atoms with Crippen LogP contribution in [0.2, 0.25) is 0 Å². The normalized spacial score (nSPS) is 18.2. The van der Waals surface area contributed by atoms with Crippen LogP contribution in [0.3, 0.4) is 0 Å². The average molecular weight is 404 g/mol. The van der Waals surface area contributed by atoms with Crippen LogP contribution in [0.1, 0.15) is 33.3 Å². The molecule has 0 atom stereocenters. The van der Waals surface area contributed by atoms with E-state index >= 15 is 0 Å². The number of rotatable bonds is 6. The van der Waals surface area contributed by atoms with Gasteiger partial charge in [0.25, 0.3) is 0 Å². The summed E-state index contributed by atoms with van der Waals surface area (Å²) < 4.78 is 45.6. The smallest absolute Gasteiger partial charge is 0.480 e. The third kappa shape index (κ3) is 4.07. The summed E-state index contributed by atoms with van der Waals surface area (Å²) in [4.78, 5) is 4.10. The first-order valence-electron chi connectivity index (χ1n) is 8.99. The van der Waals surface area contributed by atoms with E-state index in [-0.39, 0.29) is 17.3 Å². The molecule has 0 unspecified atom stereocenters. The molecule has 0 aliphatic carbocycles. The fourth-order valence-electron chi connectivity index (χ4n) is 2.75. The van der Waals surface area contributed by atoms with Crippen molar-refractivity contribution in [1.82, 2.24) is 9.71 Å². The third-order valence-corrected chi connectivity index (χ3v) is 6.55. The van der Waals surface area contributed by atoms with Crippen LogP contribution in [0.5, 0.6) is 5.88 Å². The largest absolute Gasteiger partial charge is 0.496 e. The first kappa shape index (κ1) is 20.8. The zero-order chi connectivity index (χ0) is 20.6. The van der Waals surface area contributed by atoms with Crippen LogP contribution in [-0.2, 0) is 25.9 Å². The third-order valence-electron chi connectivity index (χ3n) is 5.16. The number of pyridine rings is 1. The molecule has 0 spiro atoms. The van der Waals surface area contributed by atoms with Gasteiger partial charge >= 0.3 is 7.12 Å². The van der Waals surface area contributed by atoms with Crippen molar-refractivity contribution >= 4 is 22.6 Å². The molecule has 0 bridgehead atoms. The van der Waals surface area contributed by atoms with Gasteiger partial charge in [0, 0.05) is 18.2 Å². The first-order valence-corrected chi connectivity index (χ1v) is 10.5. The standard InChI is InChI=1S/C19H25BN2O5S/c1-18(2)19(3,4)27-20(26-18)15-11-16(17(25-5)21-13-15)28(23,24)22-12-14-9-7-6-8-10-14/h6-11,13,22H,12H2,1-5H3. The van der Waals surface area contributed by atoms with E-state index in [1.54, 1.807) is 0 Å². The summed E-state index contributed by atoms with van der Waals surface area (Å²) >= 11 is 0. The topological polar surface area (TPSA) is 86.8 Å². The maximum Gasteiger partial charge on any atom is 0.496 e. The highest BCUT2D eigenvalue weighted by atomic mass is 32.2. The molecule has 3 rings (SSSR count). The van der Waals surface area contributed by atoms with E-state index in [4.69, 9.17) is 14.0 Å². The van der Waals surface area contributed by atoms with Crippen LogP contribution in [0.25, 0.3) is 0 Å². The van der Waals surface area contributed by atoms with Gasteiger partial charge in [-0.2, -0.15) is 0 Å². The van der Waals surface area contributed by atoms with E-state index < -0.39 is 28.3 Å². The number of hydrogen-bond donors (Lipinski definition) is 1. The molecule has 9 heteroatoms. The number of benzene rings is 1. The second-order valence-electron chi connectivity index (χ2n) is 7.67. The minimum atomic E-state index is -3.86. The molecule has 1 aromatic carbocycles. The number of sulfonamides is 1. The lowest BCUT2D eigenvalue weighted by Gasteiger charge is -2.32. The summed E-state index contributed by atoms with van der Waals surface area (Å²) in [6.07, 6.45) is 1.51. The lowest BCUT2D eigenvalue weighted by Crippen LogP contribution is -2.41. The van der Waals surface area contributed by atoms with E-state index in [9.17, 15) is 8.42 Å². The summed E-state index contributed by atoms with van der Waals surface area (Å²) in [7, 11) is -3.19. The summed E-state index contributed by atoms with van der Waals surface area (Å²) in [6, 6.07) is 10.8. The molecule has 1 saturated heterocycles. The van der Waals surface area contributed by atoms with Gasteiger partial charge in [-0.25, -0.2) is 18.1 Å². The van der Waals surface area contributed by atoms with Crippen molar-refractivity contribution in [3.05, 3.63) is 48.2 Å². The van der Waals surface area contributed by atoms with Crippen molar-refractivity contribution in [3.8, 4) is 5.88 Å². The van der Waals surface area contributed by atoms with E-state index in [2.05, 4.69) is 9.71 Å². The molecule has 1 fully saturated rings. The number of nitrogens with one attached hydrogen (secondary N) is 1. The number of ether oxygens (including phenoxy) is 1. The Balaban J connectivity index is 1.89. The average Bonchev–Trinajstić information content (AvgIpc) is 2.88. The van der Waals surface area contributed by atoms with Crippen LogP contribution in [0.15, 0.2) is 47.5 Å². The highest BCUT2D eigenvalue weighted by Crippen LogP contribution is 2.36. The van der Waals surface area contributed by atoms with E-state index in [0.717, 1.165) is 5.56 Å². The van der Waals surface area contributed by atoms with E-state index in [0.29, 0.717) is 5.46 Å². The second kappa shape index (κ2) is 7.48. The van der Waals surface area contributed by atoms with Gasteiger partial charge in [-0.3, -0.25) is 0 Å². The Morgan fingerprint density at radius 3 is 2.29 bits per heavy atom. The molecular formula is C19H25BN2O5S. The monoisotopic (exact) mass is 404 g/mol. The molecular weight excluding hydrogens is 379 g/mol. The molecule has 150 valence electrons. The maximum absolute atomic E-state index is 12.9. The van der Waals surface area contributed by atoms with Crippen molar-refractivity contribution in [2.45, 2.75) is 50.3 Å². The molecule has 1 N–H and O–H groups in total. The molecule has 0 radical (unpaired) electrons. The molecule has 1 aliphatic heterocycles. The summed E-state index contributed by atoms with van der Waals surface area (Å²) in [6.45, 7) is 7.89. The molecule has 2 aromatic rings. The Labute approximate surface area is 166 Å². The summed E-state index contributed by atoms with van der Waals surface area (Å²) in [5, 5.41) is 0. The second-order valence-corrected chi connectivity index (χ2v) is 9.41. The fourth-order valence-corrected chi connectivity index (χ4v) is 3.92. The van der Waals surface area contributed by atoms with Crippen molar-refractivity contribution < 1.29 is 22.5 Å². The van der Waals surface area contributed by atoms with Gasteiger partial charge < -0.3 is 14.0 Å². The highest BCUT2D eigenvalue weighted by molar-refractivity contribution is 7.89.